The number of hydrogen-bond donors (Lipinski definition) is 0. The Balaban J connectivity index is 1.84. The summed E-state index contributed by atoms with van der Waals surface area (Å²) < 4.78 is 4.84. The van der Waals surface area contributed by atoms with Gasteiger partial charge in [0.1, 0.15) is 0 Å². The van der Waals surface area contributed by atoms with E-state index in [0.29, 0.717) is 17.4 Å². The van der Waals surface area contributed by atoms with E-state index in [9.17, 15) is 4.79 Å². The SMILES string of the molecule is COC(=O)c1cccc(/C=C2\CC[C@H](CN(C)C)[C@@H](c3ccccc3)C2)c1. The van der Waals surface area contributed by atoms with Crippen molar-refractivity contribution in [1.29, 1.82) is 0 Å². The maximum absolute atomic E-state index is 11.8. The van der Waals surface area contributed by atoms with E-state index in [0.717, 1.165) is 24.9 Å². The van der Waals surface area contributed by atoms with Crippen LogP contribution < -0.4 is 0 Å². The fraction of sp³-hybridized carbons (Fsp3) is 0.375. The van der Waals surface area contributed by atoms with E-state index in [1.807, 2.05) is 12.1 Å². The first-order chi connectivity index (χ1) is 13.1. The van der Waals surface area contributed by atoms with Crippen LogP contribution in [0, 0.1) is 5.92 Å². The van der Waals surface area contributed by atoms with Gasteiger partial charge in [0.15, 0.2) is 0 Å². The second-order valence-electron chi connectivity index (χ2n) is 7.70. The zero-order valence-corrected chi connectivity index (χ0v) is 16.5. The van der Waals surface area contributed by atoms with Gasteiger partial charge in [-0.15, -0.1) is 0 Å². The molecule has 1 saturated carbocycles. The normalized spacial score (nSPS) is 21.4. The van der Waals surface area contributed by atoms with E-state index in [1.165, 1.54) is 24.7 Å². The van der Waals surface area contributed by atoms with Gasteiger partial charge in [0, 0.05) is 6.54 Å². The van der Waals surface area contributed by atoms with Crippen molar-refractivity contribution in [1.82, 2.24) is 4.90 Å². The van der Waals surface area contributed by atoms with Crippen LogP contribution in [0.5, 0.6) is 0 Å². The van der Waals surface area contributed by atoms with Gasteiger partial charge >= 0.3 is 5.97 Å². The number of benzene rings is 2. The Bertz CT molecular complexity index is 795. The molecule has 3 nitrogen and oxygen atoms in total. The van der Waals surface area contributed by atoms with Crippen LogP contribution in [-0.4, -0.2) is 38.6 Å². The van der Waals surface area contributed by atoms with E-state index in [2.05, 4.69) is 61.5 Å². The Morgan fingerprint density at radius 3 is 2.63 bits per heavy atom. The number of esters is 1. The van der Waals surface area contributed by atoms with Crippen molar-refractivity contribution in [3.8, 4) is 0 Å². The predicted octanol–water partition coefficient (Wildman–Crippen LogP) is 5.00. The maximum atomic E-state index is 11.8. The highest BCUT2D eigenvalue weighted by Gasteiger charge is 2.29. The number of methoxy groups -OCH3 is 1. The monoisotopic (exact) mass is 363 g/mol. The summed E-state index contributed by atoms with van der Waals surface area (Å²) in [6, 6.07) is 18.6. The van der Waals surface area contributed by atoms with Crippen molar-refractivity contribution < 1.29 is 9.53 Å². The highest BCUT2D eigenvalue weighted by atomic mass is 16.5. The maximum Gasteiger partial charge on any atom is 0.337 e. The zero-order chi connectivity index (χ0) is 19.2. The molecule has 0 radical (unpaired) electrons. The Hall–Kier alpha value is -2.39. The highest BCUT2D eigenvalue weighted by Crippen LogP contribution is 2.41. The van der Waals surface area contributed by atoms with Gasteiger partial charge in [-0.2, -0.15) is 0 Å². The molecular formula is C24H29NO2. The number of ether oxygens (including phenoxy) is 1. The van der Waals surface area contributed by atoms with Crippen LogP contribution in [0.15, 0.2) is 60.2 Å². The van der Waals surface area contributed by atoms with Crippen LogP contribution in [0.3, 0.4) is 0 Å². The number of carbonyl (C=O) groups is 1. The largest absolute Gasteiger partial charge is 0.465 e. The number of rotatable bonds is 5. The van der Waals surface area contributed by atoms with Crippen LogP contribution in [0.1, 0.15) is 46.7 Å². The van der Waals surface area contributed by atoms with Crippen molar-refractivity contribution in [3.05, 3.63) is 76.9 Å². The number of carbonyl (C=O) groups excluding carboxylic acids is 1. The van der Waals surface area contributed by atoms with Gasteiger partial charge in [-0.3, -0.25) is 0 Å². The molecule has 3 heteroatoms. The summed E-state index contributed by atoms with van der Waals surface area (Å²) in [5, 5.41) is 0. The third-order valence-electron chi connectivity index (χ3n) is 5.39. The summed E-state index contributed by atoms with van der Waals surface area (Å²) in [5.41, 5.74) is 4.57. The van der Waals surface area contributed by atoms with Crippen molar-refractivity contribution >= 4 is 12.0 Å². The average Bonchev–Trinajstić information content (AvgIpc) is 2.69. The zero-order valence-electron chi connectivity index (χ0n) is 16.5. The summed E-state index contributed by atoms with van der Waals surface area (Å²) in [6.45, 7) is 1.12. The van der Waals surface area contributed by atoms with Crippen LogP contribution in [-0.2, 0) is 4.74 Å². The molecule has 1 aliphatic rings. The third kappa shape index (κ3) is 5.08. The lowest BCUT2D eigenvalue weighted by molar-refractivity contribution is 0.0600. The lowest BCUT2D eigenvalue weighted by Gasteiger charge is -2.35. The molecule has 0 aliphatic heterocycles. The molecule has 27 heavy (non-hydrogen) atoms. The molecule has 3 rings (SSSR count). The molecule has 0 unspecified atom stereocenters. The molecule has 0 amide bonds. The number of nitrogens with zero attached hydrogens (tertiary/aromatic N) is 1. The summed E-state index contributed by atoms with van der Waals surface area (Å²) in [6.07, 6.45) is 5.64. The smallest absolute Gasteiger partial charge is 0.337 e. The molecule has 0 bridgehead atoms. The standard InChI is InChI=1S/C24H29NO2/c1-25(2)17-22-13-12-19(16-23(22)20-9-5-4-6-10-20)14-18-8-7-11-21(15-18)24(26)27-3/h4-11,14-15,22-23H,12-13,16-17H2,1-3H3/b19-14+/t22-,23-/m1/s1. The minimum absolute atomic E-state index is 0.285. The van der Waals surface area contributed by atoms with Crippen molar-refractivity contribution in [3.63, 3.8) is 0 Å². The van der Waals surface area contributed by atoms with Gasteiger partial charge < -0.3 is 9.64 Å². The Labute approximate surface area is 162 Å². The second-order valence-corrected chi connectivity index (χ2v) is 7.70. The molecule has 0 heterocycles. The van der Waals surface area contributed by atoms with Crippen molar-refractivity contribution in [2.24, 2.45) is 5.92 Å². The molecule has 2 aromatic rings. The fourth-order valence-electron chi connectivity index (χ4n) is 4.14. The molecule has 1 aliphatic carbocycles. The van der Waals surface area contributed by atoms with Crippen LogP contribution >= 0.6 is 0 Å². The van der Waals surface area contributed by atoms with Gasteiger partial charge in [-0.1, -0.05) is 54.1 Å². The molecule has 1 fully saturated rings. The summed E-state index contributed by atoms with van der Waals surface area (Å²) in [4.78, 5) is 14.1. The number of hydrogen-bond acceptors (Lipinski definition) is 3. The van der Waals surface area contributed by atoms with E-state index in [4.69, 9.17) is 4.74 Å². The molecule has 0 saturated heterocycles. The molecule has 2 aromatic carbocycles. The fourth-order valence-corrected chi connectivity index (χ4v) is 4.14. The molecule has 0 aromatic heterocycles. The highest BCUT2D eigenvalue weighted by molar-refractivity contribution is 5.90. The van der Waals surface area contributed by atoms with E-state index < -0.39 is 0 Å². The summed E-state index contributed by atoms with van der Waals surface area (Å²) in [5.74, 6) is 0.922. The van der Waals surface area contributed by atoms with Crippen LogP contribution in [0.2, 0.25) is 0 Å². The van der Waals surface area contributed by atoms with E-state index in [-0.39, 0.29) is 5.97 Å². The molecule has 2 atom stereocenters. The molecular weight excluding hydrogens is 334 g/mol. The van der Waals surface area contributed by atoms with Gasteiger partial charge in [0.05, 0.1) is 12.7 Å². The van der Waals surface area contributed by atoms with Gasteiger partial charge in [-0.05, 0) is 68.5 Å². The van der Waals surface area contributed by atoms with E-state index in [1.54, 1.807) is 6.07 Å². The average molecular weight is 364 g/mol. The molecule has 0 spiro atoms. The van der Waals surface area contributed by atoms with Gasteiger partial charge in [0.2, 0.25) is 0 Å². The minimum atomic E-state index is -0.285. The topological polar surface area (TPSA) is 29.5 Å². The minimum Gasteiger partial charge on any atom is -0.465 e. The quantitative estimate of drug-likeness (QED) is 0.700. The Kier molecular flexibility index (Phi) is 6.46. The summed E-state index contributed by atoms with van der Waals surface area (Å²) in [7, 11) is 5.74. The first kappa shape index (κ1) is 19.4. The first-order valence-electron chi connectivity index (χ1n) is 9.64. The van der Waals surface area contributed by atoms with E-state index >= 15 is 0 Å². The lowest BCUT2D eigenvalue weighted by Crippen LogP contribution is -2.29. The van der Waals surface area contributed by atoms with Crippen LogP contribution in [0.4, 0.5) is 0 Å². The van der Waals surface area contributed by atoms with Gasteiger partial charge in [-0.25, -0.2) is 4.79 Å². The Morgan fingerprint density at radius 2 is 1.93 bits per heavy atom. The molecule has 0 N–H and O–H groups in total. The van der Waals surface area contributed by atoms with Crippen LogP contribution in [0.25, 0.3) is 6.08 Å². The second kappa shape index (κ2) is 9.01. The Morgan fingerprint density at radius 1 is 1.15 bits per heavy atom. The third-order valence-corrected chi connectivity index (χ3v) is 5.39. The van der Waals surface area contributed by atoms with Gasteiger partial charge in [0.25, 0.3) is 0 Å². The summed E-state index contributed by atoms with van der Waals surface area (Å²) >= 11 is 0. The van der Waals surface area contributed by atoms with Crippen molar-refractivity contribution in [2.75, 3.05) is 27.7 Å². The molecule has 142 valence electrons. The van der Waals surface area contributed by atoms with Crippen molar-refractivity contribution in [2.45, 2.75) is 25.2 Å². The number of allylic oxidation sites excluding steroid dienone is 1. The lowest BCUT2D eigenvalue weighted by atomic mass is 9.73. The first-order valence-corrected chi connectivity index (χ1v) is 9.64. The predicted molar refractivity (Wildman–Crippen MR) is 111 cm³/mol.